The van der Waals surface area contributed by atoms with Crippen LogP contribution in [0.5, 0.6) is 5.75 Å². The minimum absolute atomic E-state index is 0.0291. The van der Waals surface area contributed by atoms with Crippen LogP contribution >= 0.6 is 0 Å². The average Bonchev–Trinajstić information content (AvgIpc) is 2.77. The number of hydrogen-bond donors (Lipinski definition) is 2. The Morgan fingerprint density at radius 1 is 1.17 bits per heavy atom. The summed E-state index contributed by atoms with van der Waals surface area (Å²) < 4.78 is 23.8. The van der Waals surface area contributed by atoms with Crippen molar-refractivity contribution in [2.75, 3.05) is 37.8 Å². The number of carbonyl (C=O) groups excluding carboxylic acids is 2. The quantitative estimate of drug-likeness (QED) is 0.537. The molecule has 1 fully saturated rings. The smallest absolute Gasteiger partial charge is 0.276 e. The van der Waals surface area contributed by atoms with Crippen molar-refractivity contribution < 1.29 is 28.4 Å². The molecule has 2 N–H and O–H groups in total. The molecule has 0 aliphatic carbocycles. The fourth-order valence-electron chi connectivity index (χ4n) is 2.83. The largest absolute Gasteiger partial charge is 0.481 e. The summed E-state index contributed by atoms with van der Waals surface area (Å²) >= 11 is 0. The Bertz CT molecular complexity index is 948. The van der Waals surface area contributed by atoms with Crippen molar-refractivity contribution >= 4 is 23.2 Å². The molecule has 0 bridgehead atoms. The summed E-state index contributed by atoms with van der Waals surface area (Å²) in [5, 5.41) is 11.1. The zero-order valence-electron chi connectivity index (χ0n) is 15.8. The number of morpholine rings is 1. The zero-order valence-corrected chi connectivity index (χ0v) is 15.8. The Labute approximate surface area is 170 Å². The summed E-state index contributed by atoms with van der Waals surface area (Å²) in [7, 11) is 0. The topological polar surface area (TPSA) is 123 Å². The minimum Gasteiger partial charge on any atom is -0.481 e. The van der Waals surface area contributed by atoms with Crippen LogP contribution in [-0.4, -0.2) is 49.6 Å². The third-order valence-electron chi connectivity index (χ3n) is 4.30. The van der Waals surface area contributed by atoms with E-state index in [1.807, 2.05) is 4.90 Å². The molecule has 0 spiro atoms. The summed E-state index contributed by atoms with van der Waals surface area (Å²) in [5.41, 5.74) is 4.61. The Kier molecular flexibility index (Phi) is 6.75. The van der Waals surface area contributed by atoms with Gasteiger partial charge in [0.25, 0.3) is 17.5 Å². The molecule has 1 aliphatic rings. The first-order valence-corrected chi connectivity index (χ1v) is 9.03. The lowest BCUT2D eigenvalue weighted by atomic mass is 10.1. The highest BCUT2D eigenvalue weighted by atomic mass is 19.1. The SMILES string of the molecule is O=C(COc1ccccc1F)NNC(=O)c1cc([N+](=O)[O-])ccc1N1CCOCC1. The van der Waals surface area contributed by atoms with E-state index in [0.717, 1.165) is 6.07 Å². The van der Waals surface area contributed by atoms with Crippen molar-refractivity contribution in [3.63, 3.8) is 0 Å². The van der Waals surface area contributed by atoms with Crippen LogP contribution < -0.4 is 20.5 Å². The fourth-order valence-corrected chi connectivity index (χ4v) is 2.83. The van der Waals surface area contributed by atoms with E-state index in [0.29, 0.717) is 32.0 Å². The van der Waals surface area contributed by atoms with Gasteiger partial charge in [-0.1, -0.05) is 12.1 Å². The number of nitro groups is 1. The van der Waals surface area contributed by atoms with E-state index in [9.17, 15) is 24.1 Å². The molecule has 1 heterocycles. The summed E-state index contributed by atoms with van der Waals surface area (Å²) in [6, 6.07) is 9.51. The molecule has 158 valence electrons. The van der Waals surface area contributed by atoms with Gasteiger partial charge in [-0.2, -0.15) is 0 Å². The summed E-state index contributed by atoms with van der Waals surface area (Å²) in [6.45, 7) is 1.42. The number of amides is 2. The van der Waals surface area contributed by atoms with Crippen molar-refractivity contribution in [2.45, 2.75) is 0 Å². The third-order valence-corrected chi connectivity index (χ3v) is 4.30. The van der Waals surface area contributed by atoms with Gasteiger partial charge in [-0.25, -0.2) is 4.39 Å². The second-order valence-corrected chi connectivity index (χ2v) is 6.28. The Hall–Kier alpha value is -3.73. The molecule has 11 heteroatoms. The van der Waals surface area contributed by atoms with Gasteiger partial charge in [0.15, 0.2) is 18.2 Å². The number of anilines is 1. The number of nitro benzene ring substituents is 1. The molecule has 1 saturated heterocycles. The van der Waals surface area contributed by atoms with Crippen molar-refractivity contribution in [2.24, 2.45) is 0 Å². The number of hydrogen-bond acceptors (Lipinski definition) is 7. The van der Waals surface area contributed by atoms with E-state index in [1.165, 1.54) is 30.3 Å². The molecular weight excluding hydrogens is 399 g/mol. The molecule has 1 aliphatic heterocycles. The number of rotatable bonds is 6. The maximum Gasteiger partial charge on any atom is 0.276 e. The van der Waals surface area contributed by atoms with Gasteiger partial charge in [0.1, 0.15) is 0 Å². The van der Waals surface area contributed by atoms with Gasteiger partial charge in [-0.05, 0) is 18.2 Å². The number of non-ortho nitro benzene ring substituents is 1. The van der Waals surface area contributed by atoms with Crippen LogP contribution in [0.25, 0.3) is 0 Å². The number of benzene rings is 2. The number of hydrazine groups is 1. The number of nitrogens with one attached hydrogen (secondary N) is 2. The van der Waals surface area contributed by atoms with E-state index >= 15 is 0 Å². The van der Waals surface area contributed by atoms with Crippen LogP contribution in [0, 0.1) is 15.9 Å². The van der Waals surface area contributed by atoms with E-state index in [2.05, 4.69) is 10.9 Å². The fraction of sp³-hybridized carbons (Fsp3) is 0.263. The van der Waals surface area contributed by atoms with Gasteiger partial charge in [-0.3, -0.25) is 30.6 Å². The number of para-hydroxylation sites is 1. The molecule has 0 atom stereocenters. The van der Waals surface area contributed by atoms with E-state index in [-0.39, 0.29) is 17.0 Å². The zero-order chi connectivity index (χ0) is 21.5. The van der Waals surface area contributed by atoms with Crippen molar-refractivity contribution in [3.05, 3.63) is 64.0 Å². The first-order valence-electron chi connectivity index (χ1n) is 9.03. The van der Waals surface area contributed by atoms with E-state index in [1.54, 1.807) is 6.07 Å². The normalized spacial score (nSPS) is 13.4. The highest BCUT2D eigenvalue weighted by molar-refractivity contribution is 6.01. The van der Waals surface area contributed by atoms with Crippen LogP contribution in [0.2, 0.25) is 0 Å². The molecule has 2 aromatic rings. The summed E-state index contributed by atoms with van der Waals surface area (Å²) in [6.07, 6.45) is 0. The molecule has 2 aromatic carbocycles. The second-order valence-electron chi connectivity index (χ2n) is 6.28. The standard InChI is InChI=1S/C19H19FN4O6/c20-15-3-1-2-4-17(15)30-12-18(25)21-22-19(26)14-11-13(24(27)28)5-6-16(14)23-7-9-29-10-8-23/h1-6,11H,7-10,12H2,(H,21,25)(H,22,26). The van der Waals surface area contributed by atoms with Gasteiger partial charge in [0.05, 0.1) is 29.4 Å². The molecule has 2 amide bonds. The Balaban J connectivity index is 1.66. The lowest BCUT2D eigenvalue weighted by Crippen LogP contribution is -2.45. The number of ether oxygens (including phenoxy) is 2. The van der Waals surface area contributed by atoms with E-state index < -0.39 is 29.2 Å². The van der Waals surface area contributed by atoms with Gasteiger partial charge in [0, 0.05) is 25.2 Å². The highest BCUT2D eigenvalue weighted by Gasteiger charge is 2.22. The molecule has 0 saturated carbocycles. The van der Waals surface area contributed by atoms with Crippen molar-refractivity contribution in [1.82, 2.24) is 10.9 Å². The Morgan fingerprint density at radius 2 is 1.90 bits per heavy atom. The van der Waals surface area contributed by atoms with Crippen LogP contribution in [0.15, 0.2) is 42.5 Å². The number of nitrogens with zero attached hydrogens (tertiary/aromatic N) is 2. The number of halogens is 1. The lowest BCUT2D eigenvalue weighted by molar-refractivity contribution is -0.384. The number of carbonyl (C=O) groups is 2. The molecule has 3 rings (SSSR count). The summed E-state index contributed by atoms with van der Waals surface area (Å²) in [5.74, 6) is -2.20. The molecule has 0 radical (unpaired) electrons. The molecule has 30 heavy (non-hydrogen) atoms. The average molecular weight is 418 g/mol. The first-order chi connectivity index (χ1) is 14.5. The molecule has 0 unspecified atom stereocenters. The van der Waals surface area contributed by atoms with Gasteiger partial charge in [0.2, 0.25) is 0 Å². The van der Waals surface area contributed by atoms with Crippen LogP contribution in [0.3, 0.4) is 0 Å². The van der Waals surface area contributed by atoms with Crippen molar-refractivity contribution in [3.8, 4) is 5.75 Å². The monoisotopic (exact) mass is 418 g/mol. The third kappa shape index (κ3) is 5.20. The van der Waals surface area contributed by atoms with E-state index in [4.69, 9.17) is 9.47 Å². The maximum atomic E-state index is 13.5. The summed E-state index contributed by atoms with van der Waals surface area (Å²) in [4.78, 5) is 36.9. The van der Waals surface area contributed by atoms with Gasteiger partial charge < -0.3 is 14.4 Å². The van der Waals surface area contributed by atoms with Crippen LogP contribution in [0.1, 0.15) is 10.4 Å². The molecule has 10 nitrogen and oxygen atoms in total. The minimum atomic E-state index is -0.737. The van der Waals surface area contributed by atoms with Crippen molar-refractivity contribution in [1.29, 1.82) is 0 Å². The van der Waals surface area contributed by atoms with Gasteiger partial charge >= 0.3 is 0 Å². The Morgan fingerprint density at radius 3 is 2.60 bits per heavy atom. The maximum absolute atomic E-state index is 13.5. The second kappa shape index (κ2) is 9.65. The van der Waals surface area contributed by atoms with Crippen LogP contribution in [0.4, 0.5) is 15.8 Å². The van der Waals surface area contributed by atoms with Gasteiger partial charge in [-0.15, -0.1) is 0 Å². The highest BCUT2D eigenvalue weighted by Crippen LogP contribution is 2.26. The predicted octanol–water partition coefficient (Wildman–Crippen LogP) is 1.41. The van der Waals surface area contributed by atoms with Crippen LogP contribution in [-0.2, 0) is 9.53 Å². The first kappa shape index (κ1) is 21.0. The molecule has 0 aromatic heterocycles. The molecular formula is C19H19FN4O6. The lowest BCUT2D eigenvalue weighted by Gasteiger charge is -2.30. The predicted molar refractivity (Wildman–Crippen MR) is 104 cm³/mol.